The summed E-state index contributed by atoms with van der Waals surface area (Å²) >= 11 is 5.76. The molecule has 1 saturated heterocycles. The number of hydrogen-bond acceptors (Lipinski definition) is 2. The topological polar surface area (TPSA) is 52.6 Å². The number of carbonyl (C=O) groups excluding carboxylic acids is 1. The van der Waals surface area contributed by atoms with E-state index in [1.807, 2.05) is 11.8 Å². The number of nitrogens with one attached hydrogen (secondary N) is 1. The van der Waals surface area contributed by atoms with Gasteiger partial charge < -0.3 is 15.3 Å². The molecule has 0 spiro atoms. The van der Waals surface area contributed by atoms with Crippen molar-refractivity contribution in [2.45, 2.75) is 50.7 Å². The van der Waals surface area contributed by atoms with Crippen molar-refractivity contribution in [3.63, 3.8) is 0 Å². The zero-order valence-corrected chi connectivity index (χ0v) is 13.9. The van der Waals surface area contributed by atoms with E-state index in [0.29, 0.717) is 18.7 Å². The minimum absolute atomic E-state index is 0.0140. The number of fused-ring (bicyclic) bond motifs is 1. The van der Waals surface area contributed by atoms with Crippen LogP contribution in [0.25, 0.3) is 0 Å². The van der Waals surface area contributed by atoms with Gasteiger partial charge in [-0.25, -0.2) is 9.18 Å². The van der Waals surface area contributed by atoms with Crippen LogP contribution in [0, 0.1) is 11.7 Å². The molecule has 4 nitrogen and oxygen atoms in total. The van der Waals surface area contributed by atoms with Gasteiger partial charge in [0.2, 0.25) is 0 Å². The molecule has 0 aromatic heterocycles. The van der Waals surface area contributed by atoms with Gasteiger partial charge in [-0.05, 0) is 44.4 Å². The third-order valence-corrected chi connectivity index (χ3v) is 5.51. The lowest BCUT2D eigenvalue weighted by atomic mass is 9.70. The van der Waals surface area contributed by atoms with Crippen LogP contribution in [0.1, 0.15) is 39.0 Å². The summed E-state index contributed by atoms with van der Waals surface area (Å²) in [7, 11) is 0. The Hall–Kier alpha value is -1.33. The van der Waals surface area contributed by atoms with Crippen molar-refractivity contribution >= 4 is 23.3 Å². The smallest absolute Gasteiger partial charge is 0.322 e. The fourth-order valence-electron chi connectivity index (χ4n) is 3.93. The molecule has 0 radical (unpaired) electrons. The van der Waals surface area contributed by atoms with Crippen molar-refractivity contribution in [2.24, 2.45) is 5.92 Å². The summed E-state index contributed by atoms with van der Waals surface area (Å²) in [4.78, 5) is 14.4. The van der Waals surface area contributed by atoms with E-state index in [0.717, 1.165) is 25.7 Å². The fraction of sp³-hybridized carbons (Fsp3) is 0.588. The van der Waals surface area contributed by atoms with E-state index in [-0.39, 0.29) is 23.0 Å². The van der Waals surface area contributed by atoms with Gasteiger partial charge in [-0.2, -0.15) is 0 Å². The molecule has 1 aliphatic carbocycles. The third kappa shape index (κ3) is 3.31. The standard InChI is InChI=1S/C17H22ClFN2O2/c1-17(23)8-9-21(15-5-3-2-4-12(15)17)16(22)20-11-6-7-14(19)13(18)10-11/h6-7,10,12,15,23H,2-5,8-9H2,1H3,(H,20,22). The number of anilines is 1. The maximum atomic E-state index is 13.2. The highest BCUT2D eigenvalue weighted by atomic mass is 35.5. The molecule has 1 heterocycles. The zero-order valence-electron chi connectivity index (χ0n) is 13.2. The maximum Gasteiger partial charge on any atom is 0.322 e. The number of nitrogens with zero attached hydrogens (tertiary/aromatic N) is 1. The lowest BCUT2D eigenvalue weighted by Gasteiger charge is -2.50. The molecule has 0 bridgehead atoms. The summed E-state index contributed by atoms with van der Waals surface area (Å²) in [6.07, 6.45) is 4.61. The second-order valence-electron chi connectivity index (χ2n) is 6.82. The monoisotopic (exact) mass is 340 g/mol. The summed E-state index contributed by atoms with van der Waals surface area (Å²) in [5.41, 5.74) is -0.229. The summed E-state index contributed by atoms with van der Waals surface area (Å²) in [6, 6.07) is 4.00. The average Bonchev–Trinajstić information content (AvgIpc) is 2.51. The normalized spacial score (nSPS) is 30.7. The van der Waals surface area contributed by atoms with Crippen LogP contribution in [-0.2, 0) is 0 Å². The molecule has 3 rings (SSSR count). The van der Waals surface area contributed by atoms with Crippen LogP contribution in [0.15, 0.2) is 18.2 Å². The van der Waals surface area contributed by atoms with Crippen LogP contribution in [0.3, 0.4) is 0 Å². The van der Waals surface area contributed by atoms with Crippen molar-refractivity contribution in [2.75, 3.05) is 11.9 Å². The molecule has 126 valence electrons. The molecular formula is C17H22ClFN2O2. The molecule has 2 fully saturated rings. The summed E-state index contributed by atoms with van der Waals surface area (Å²) in [5.74, 6) is -0.390. The molecule has 3 unspecified atom stereocenters. The third-order valence-electron chi connectivity index (χ3n) is 5.22. The summed E-state index contributed by atoms with van der Waals surface area (Å²) in [5, 5.41) is 13.4. The van der Waals surface area contributed by atoms with Gasteiger partial charge in [0.1, 0.15) is 5.82 Å². The van der Waals surface area contributed by atoms with Crippen molar-refractivity contribution in [1.82, 2.24) is 4.90 Å². The predicted octanol–water partition coefficient (Wildman–Crippen LogP) is 4.03. The van der Waals surface area contributed by atoms with Crippen LogP contribution < -0.4 is 5.32 Å². The molecule has 1 aromatic carbocycles. The van der Waals surface area contributed by atoms with E-state index in [1.165, 1.54) is 18.2 Å². The number of benzene rings is 1. The highest BCUT2D eigenvalue weighted by molar-refractivity contribution is 6.31. The second kappa shape index (κ2) is 6.29. The van der Waals surface area contributed by atoms with Gasteiger partial charge in [-0.3, -0.25) is 0 Å². The Kier molecular flexibility index (Phi) is 4.52. The summed E-state index contributed by atoms with van der Waals surface area (Å²) < 4.78 is 13.2. The van der Waals surface area contributed by atoms with Gasteiger partial charge >= 0.3 is 6.03 Å². The number of piperidine rings is 1. The second-order valence-corrected chi connectivity index (χ2v) is 7.23. The van der Waals surface area contributed by atoms with Crippen LogP contribution >= 0.6 is 11.6 Å². The Morgan fingerprint density at radius 2 is 2.17 bits per heavy atom. The molecule has 23 heavy (non-hydrogen) atoms. The number of likely N-dealkylation sites (tertiary alicyclic amines) is 1. The molecule has 1 saturated carbocycles. The molecular weight excluding hydrogens is 319 g/mol. The average molecular weight is 341 g/mol. The molecule has 6 heteroatoms. The van der Waals surface area contributed by atoms with Gasteiger partial charge in [0.05, 0.1) is 10.6 Å². The molecule has 2 N–H and O–H groups in total. The molecule has 3 atom stereocenters. The van der Waals surface area contributed by atoms with Gasteiger partial charge in [0, 0.05) is 24.2 Å². The van der Waals surface area contributed by atoms with Crippen LogP contribution in [0.4, 0.5) is 14.9 Å². The number of carbonyl (C=O) groups is 1. The highest BCUT2D eigenvalue weighted by Crippen LogP contribution is 2.41. The Labute approximate surface area is 140 Å². The number of amides is 2. The largest absolute Gasteiger partial charge is 0.390 e. The van der Waals surface area contributed by atoms with Crippen LogP contribution in [0.5, 0.6) is 0 Å². The van der Waals surface area contributed by atoms with Crippen LogP contribution in [0.2, 0.25) is 5.02 Å². The molecule has 1 aromatic rings. The Morgan fingerprint density at radius 3 is 2.91 bits per heavy atom. The first-order chi connectivity index (χ1) is 10.9. The molecule has 2 aliphatic rings. The van der Waals surface area contributed by atoms with Gasteiger partial charge in [-0.1, -0.05) is 24.4 Å². The minimum atomic E-state index is -0.707. The quantitative estimate of drug-likeness (QED) is 0.811. The van der Waals surface area contributed by atoms with Gasteiger partial charge in [0.15, 0.2) is 0 Å². The van der Waals surface area contributed by atoms with E-state index in [9.17, 15) is 14.3 Å². The first-order valence-electron chi connectivity index (χ1n) is 8.13. The Bertz CT molecular complexity index is 608. The van der Waals surface area contributed by atoms with Crippen molar-refractivity contribution in [1.29, 1.82) is 0 Å². The van der Waals surface area contributed by atoms with Crippen LogP contribution in [-0.4, -0.2) is 34.2 Å². The Balaban J connectivity index is 1.75. The van der Waals surface area contributed by atoms with Gasteiger partial charge in [-0.15, -0.1) is 0 Å². The van der Waals surface area contributed by atoms with Crippen molar-refractivity contribution in [3.05, 3.63) is 29.0 Å². The van der Waals surface area contributed by atoms with E-state index in [4.69, 9.17) is 11.6 Å². The first kappa shape index (κ1) is 16.5. The summed E-state index contributed by atoms with van der Waals surface area (Å²) in [6.45, 7) is 2.40. The van der Waals surface area contributed by atoms with Crippen molar-refractivity contribution in [3.8, 4) is 0 Å². The lowest BCUT2D eigenvalue weighted by Crippen LogP contribution is -2.60. The minimum Gasteiger partial charge on any atom is -0.390 e. The van der Waals surface area contributed by atoms with E-state index in [2.05, 4.69) is 5.32 Å². The number of aliphatic hydroxyl groups is 1. The lowest BCUT2D eigenvalue weighted by molar-refractivity contribution is -0.0884. The molecule has 2 amide bonds. The number of rotatable bonds is 1. The zero-order chi connectivity index (χ0) is 16.6. The predicted molar refractivity (Wildman–Crippen MR) is 88.1 cm³/mol. The maximum absolute atomic E-state index is 13.2. The SMILES string of the molecule is CC1(O)CCN(C(=O)Nc2ccc(F)c(Cl)c2)C2CCCCC21. The van der Waals surface area contributed by atoms with Gasteiger partial charge in [0.25, 0.3) is 0 Å². The number of urea groups is 1. The van der Waals surface area contributed by atoms with E-state index in [1.54, 1.807) is 0 Å². The first-order valence-corrected chi connectivity index (χ1v) is 8.51. The van der Waals surface area contributed by atoms with E-state index >= 15 is 0 Å². The number of hydrogen-bond donors (Lipinski definition) is 2. The Morgan fingerprint density at radius 1 is 1.43 bits per heavy atom. The van der Waals surface area contributed by atoms with Crippen molar-refractivity contribution < 1.29 is 14.3 Å². The van der Waals surface area contributed by atoms with E-state index < -0.39 is 11.4 Å². The molecule has 1 aliphatic heterocycles. The fourth-order valence-corrected chi connectivity index (χ4v) is 4.11. The number of halogens is 2. The highest BCUT2D eigenvalue weighted by Gasteiger charge is 2.46.